The van der Waals surface area contributed by atoms with Gasteiger partial charge in [0.1, 0.15) is 12.4 Å². The number of carbonyl (C=O) groups excluding carboxylic acids is 1. The molecule has 0 spiro atoms. The number of benzene rings is 2. The lowest BCUT2D eigenvalue weighted by atomic mass is 9.92. The van der Waals surface area contributed by atoms with E-state index in [0.717, 1.165) is 84.4 Å². The fourth-order valence-corrected chi connectivity index (χ4v) is 6.39. The molecular weight excluding hydrogens is 554 g/mol. The van der Waals surface area contributed by atoms with Gasteiger partial charge >= 0.3 is 5.97 Å². The van der Waals surface area contributed by atoms with Gasteiger partial charge < -0.3 is 18.8 Å². The highest BCUT2D eigenvalue weighted by atomic mass is 16.5. The number of imidazole rings is 1. The summed E-state index contributed by atoms with van der Waals surface area (Å²) in [6.07, 6.45) is 6.91. The number of fused-ring (bicyclic) bond motifs is 2. The second-order valence-electron chi connectivity index (χ2n) is 11.8. The number of piperidine rings is 1. The van der Waals surface area contributed by atoms with Crippen molar-refractivity contribution < 1.29 is 19.0 Å². The van der Waals surface area contributed by atoms with Gasteiger partial charge in [-0.2, -0.15) is 0 Å². The van der Waals surface area contributed by atoms with Crippen LogP contribution in [-0.4, -0.2) is 63.3 Å². The topological polar surface area (TPSA) is 91.6 Å². The van der Waals surface area contributed by atoms with Crippen LogP contribution >= 0.6 is 0 Å². The maximum absolute atomic E-state index is 12.3. The number of methoxy groups -OCH3 is 1. The number of esters is 1. The van der Waals surface area contributed by atoms with E-state index in [1.807, 2.05) is 42.7 Å². The monoisotopic (exact) mass is 591 g/mol. The van der Waals surface area contributed by atoms with Crippen LogP contribution in [-0.2, 0) is 22.6 Å². The number of likely N-dealkylation sites (tertiary alicyclic amines) is 1. The minimum Gasteiger partial charge on any atom is -0.473 e. The smallest absolute Gasteiger partial charge is 0.337 e. The highest BCUT2D eigenvalue weighted by Crippen LogP contribution is 2.34. The Balaban J connectivity index is 1.03. The van der Waals surface area contributed by atoms with Crippen molar-refractivity contribution in [3.63, 3.8) is 0 Å². The summed E-state index contributed by atoms with van der Waals surface area (Å²) in [5, 5.41) is 2.27. The molecule has 2 saturated heterocycles. The molecule has 2 aliphatic heterocycles. The average molecular weight is 592 g/mol. The molecule has 226 valence electrons. The first-order valence-corrected chi connectivity index (χ1v) is 15.4. The lowest BCUT2D eigenvalue weighted by Gasteiger charge is -2.36. The van der Waals surface area contributed by atoms with E-state index in [1.165, 1.54) is 7.11 Å². The predicted molar refractivity (Wildman–Crippen MR) is 168 cm³/mol. The molecule has 0 radical (unpaired) electrons. The fourth-order valence-electron chi connectivity index (χ4n) is 6.39. The highest BCUT2D eigenvalue weighted by molar-refractivity contribution is 5.93. The van der Waals surface area contributed by atoms with Crippen molar-refractivity contribution in [3.05, 3.63) is 95.7 Å². The Morgan fingerprint density at radius 1 is 1.02 bits per heavy atom. The van der Waals surface area contributed by atoms with E-state index in [2.05, 4.69) is 45.6 Å². The molecule has 0 aliphatic carbocycles. The SMILES string of the molecule is COC(=O)c1ccc2nc([C@H](C)N3CCC(c4cccc(OCc5ccc6cnccc6c5)n4)CC3)n(CC3CCO3)c2c1. The zero-order valence-electron chi connectivity index (χ0n) is 25.2. The molecule has 2 atom stereocenters. The second kappa shape index (κ2) is 12.3. The van der Waals surface area contributed by atoms with Crippen LogP contribution in [0.15, 0.2) is 73.1 Å². The quantitative estimate of drug-likeness (QED) is 0.191. The van der Waals surface area contributed by atoms with Crippen LogP contribution in [0.2, 0.25) is 0 Å². The number of ether oxygens (including phenoxy) is 3. The Morgan fingerprint density at radius 3 is 2.68 bits per heavy atom. The zero-order valence-corrected chi connectivity index (χ0v) is 25.2. The first kappa shape index (κ1) is 28.4. The van der Waals surface area contributed by atoms with Gasteiger partial charge in [0, 0.05) is 42.1 Å². The standard InChI is InChI=1S/C35H37N5O4/c1-23(34-38-31-9-8-27(35(41)42-2)19-32(31)40(34)21-29-13-17-43-29)39-15-11-25(12-16-39)30-4-3-5-33(37-30)44-22-24-6-7-28-20-36-14-10-26(28)18-24/h3-10,14,18-20,23,25,29H,11-13,15-17,21-22H2,1-2H3/t23-,29?/m0/s1. The normalized spacial score (nSPS) is 18.3. The molecule has 0 N–H and O–H groups in total. The number of hydrogen-bond donors (Lipinski definition) is 0. The van der Waals surface area contributed by atoms with Crippen molar-refractivity contribution in [2.45, 2.75) is 57.4 Å². The predicted octanol–water partition coefficient (Wildman–Crippen LogP) is 6.07. The molecule has 1 unspecified atom stereocenters. The van der Waals surface area contributed by atoms with E-state index in [4.69, 9.17) is 24.2 Å². The Kier molecular flexibility index (Phi) is 7.97. The number of aromatic nitrogens is 4. The molecule has 2 fully saturated rings. The van der Waals surface area contributed by atoms with E-state index in [9.17, 15) is 4.79 Å². The minimum atomic E-state index is -0.342. The van der Waals surface area contributed by atoms with Crippen molar-refractivity contribution in [2.75, 3.05) is 26.8 Å². The zero-order chi connectivity index (χ0) is 30.0. The highest BCUT2D eigenvalue weighted by Gasteiger charge is 2.30. The molecule has 7 rings (SSSR count). The minimum absolute atomic E-state index is 0.116. The molecule has 5 heterocycles. The van der Waals surface area contributed by atoms with Gasteiger partial charge in [-0.15, -0.1) is 0 Å². The van der Waals surface area contributed by atoms with Gasteiger partial charge in [0.2, 0.25) is 5.88 Å². The molecular formula is C35H37N5O4. The van der Waals surface area contributed by atoms with Crippen molar-refractivity contribution in [3.8, 4) is 5.88 Å². The summed E-state index contributed by atoms with van der Waals surface area (Å²) in [5.41, 5.74) is 4.56. The maximum Gasteiger partial charge on any atom is 0.337 e. The molecule has 9 heteroatoms. The Labute approximate surface area is 256 Å². The summed E-state index contributed by atoms with van der Waals surface area (Å²) in [6.45, 7) is 6.12. The molecule has 0 amide bonds. The van der Waals surface area contributed by atoms with Crippen molar-refractivity contribution >= 4 is 27.8 Å². The number of carbonyl (C=O) groups is 1. The van der Waals surface area contributed by atoms with Crippen LogP contribution in [0.1, 0.15) is 65.6 Å². The summed E-state index contributed by atoms with van der Waals surface area (Å²) < 4.78 is 19.1. The van der Waals surface area contributed by atoms with Gasteiger partial charge in [0.15, 0.2) is 0 Å². The molecule has 5 aromatic rings. The molecule has 9 nitrogen and oxygen atoms in total. The summed E-state index contributed by atoms with van der Waals surface area (Å²) in [6, 6.07) is 20.1. The fraction of sp³-hybridized carbons (Fsp3) is 0.371. The summed E-state index contributed by atoms with van der Waals surface area (Å²) in [7, 11) is 1.41. The van der Waals surface area contributed by atoms with E-state index < -0.39 is 0 Å². The molecule has 44 heavy (non-hydrogen) atoms. The third-order valence-corrected chi connectivity index (χ3v) is 9.08. The number of nitrogens with zero attached hydrogens (tertiary/aromatic N) is 5. The Morgan fingerprint density at radius 2 is 1.89 bits per heavy atom. The first-order valence-electron chi connectivity index (χ1n) is 15.4. The third kappa shape index (κ3) is 5.77. The van der Waals surface area contributed by atoms with Gasteiger partial charge in [-0.05, 0) is 86.6 Å². The van der Waals surface area contributed by atoms with Crippen LogP contribution in [0.5, 0.6) is 5.88 Å². The van der Waals surface area contributed by atoms with E-state index in [0.29, 0.717) is 24.0 Å². The molecule has 2 aliphatic rings. The molecule has 2 aromatic carbocycles. The van der Waals surface area contributed by atoms with Crippen LogP contribution in [0.4, 0.5) is 0 Å². The van der Waals surface area contributed by atoms with Gasteiger partial charge in [-0.1, -0.05) is 18.2 Å². The van der Waals surface area contributed by atoms with E-state index in [-0.39, 0.29) is 18.1 Å². The van der Waals surface area contributed by atoms with Gasteiger partial charge in [0.25, 0.3) is 0 Å². The molecule has 3 aromatic heterocycles. The van der Waals surface area contributed by atoms with E-state index in [1.54, 1.807) is 6.07 Å². The maximum atomic E-state index is 12.3. The number of pyridine rings is 2. The Hall–Kier alpha value is -4.34. The van der Waals surface area contributed by atoms with Gasteiger partial charge in [0.05, 0.1) is 42.4 Å². The van der Waals surface area contributed by atoms with Crippen LogP contribution in [0.25, 0.3) is 21.8 Å². The lowest BCUT2D eigenvalue weighted by Crippen LogP contribution is -2.37. The average Bonchev–Trinajstić information content (AvgIpc) is 3.42. The van der Waals surface area contributed by atoms with Crippen molar-refractivity contribution in [2.24, 2.45) is 0 Å². The van der Waals surface area contributed by atoms with Crippen molar-refractivity contribution in [1.29, 1.82) is 0 Å². The third-order valence-electron chi connectivity index (χ3n) is 9.08. The Bertz CT molecular complexity index is 1790. The summed E-state index contributed by atoms with van der Waals surface area (Å²) >= 11 is 0. The molecule has 0 bridgehead atoms. The number of hydrogen-bond acceptors (Lipinski definition) is 8. The van der Waals surface area contributed by atoms with Gasteiger partial charge in [-0.25, -0.2) is 14.8 Å². The molecule has 0 saturated carbocycles. The largest absolute Gasteiger partial charge is 0.473 e. The van der Waals surface area contributed by atoms with Crippen LogP contribution in [0, 0.1) is 0 Å². The second-order valence-corrected chi connectivity index (χ2v) is 11.8. The first-order chi connectivity index (χ1) is 21.6. The summed E-state index contributed by atoms with van der Waals surface area (Å²) in [4.78, 5) is 28.9. The lowest BCUT2D eigenvalue weighted by molar-refractivity contribution is -0.0594. The van der Waals surface area contributed by atoms with Crippen LogP contribution < -0.4 is 4.74 Å². The number of rotatable bonds is 9. The van der Waals surface area contributed by atoms with Crippen LogP contribution in [0.3, 0.4) is 0 Å². The van der Waals surface area contributed by atoms with Gasteiger partial charge in [-0.3, -0.25) is 9.88 Å². The summed E-state index contributed by atoms with van der Waals surface area (Å²) in [5.74, 6) is 1.70. The van der Waals surface area contributed by atoms with Crippen molar-refractivity contribution in [1.82, 2.24) is 24.4 Å². The van der Waals surface area contributed by atoms with E-state index >= 15 is 0 Å².